The number of furan rings is 2. The Kier molecular flexibility index (Phi) is 2.90. The minimum absolute atomic E-state index is 0.321. The Balaban J connectivity index is 1.32. The minimum Gasteiger partial charge on any atom is -0.455 e. The average Bonchev–Trinajstić information content (AvgIpc) is 1.39. The first-order valence-corrected chi connectivity index (χ1v) is 16.0. The molecule has 0 aliphatic rings. The third-order valence-electron chi connectivity index (χ3n) is 8.44. The summed E-state index contributed by atoms with van der Waals surface area (Å²) in [5.41, 5.74) is -11.3. The lowest BCUT2D eigenvalue weighted by atomic mass is 9.95. The van der Waals surface area contributed by atoms with Gasteiger partial charge in [-0.1, -0.05) is 145 Å². The van der Waals surface area contributed by atoms with E-state index in [1.54, 1.807) is 0 Å². The molecule has 3 nitrogen and oxygen atoms in total. The zero-order valence-electron chi connectivity index (χ0n) is 60.3. The third-order valence-corrected chi connectivity index (χ3v) is 8.44. The molecule has 0 fully saturated rings. The molecule has 0 N–H and O–H groups in total. The fourth-order valence-corrected chi connectivity index (χ4v) is 6.03. The SMILES string of the molecule is [2H]c1c([2H])c([2H])c(-c2c([2H])c([2H])c(N(c3c([2H])c([2H])c(-c4c([2H])c([2H])c([2H])c5c4oc4c([2H])c([2H])c([2H])c([2H])c45)c([2H])c3[2H])c3c([2H])c([2H])c4c(oc5c6c([2H])c([2H])c([2H])c([2H])c6c(-c6c([2H])c([2H])c([2H])c([2H])c6[2H])c([2H])c54)c3[2H])c([2H])c2[2H])c([2H])c1[2H]. The van der Waals surface area contributed by atoms with E-state index < -0.39 is 304 Å². The molecular formula is C52H33NO2. The van der Waals surface area contributed by atoms with E-state index in [9.17, 15) is 16.4 Å². The standard InChI is InChI=1S/C52H33NO2/c1-3-12-34(13-4-1)35-22-26-38(27-23-35)53(39-28-24-37(25-29-39)41-19-11-20-46-43-17-9-10-21-49(43)54-51(41)46)40-30-31-44-48-33-47(36-14-5-2-6-15-36)42-16-7-8-18-45(42)52(48)55-50(44)32-40/h1-33H/i1D,2D,3D,4D,5D,6D,7D,8D,9D,10D,11D,12D,13D,14D,15D,16D,17D,18D,19D,20D,21D,22D,23D,24D,25D,26D,27D,28D,29D,30D,31D,32D,33D. The van der Waals surface area contributed by atoms with E-state index in [4.69, 9.17) is 37.6 Å². The predicted octanol–water partition coefficient (Wildman–Crippen LogP) is 15.1. The van der Waals surface area contributed by atoms with Gasteiger partial charge in [-0.3, -0.25) is 0 Å². The first-order chi connectivity index (χ1) is 41.0. The maximum atomic E-state index is 9.95. The summed E-state index contributed by atoms with van der Waals surface area (Å²) >= 11 is 0. The van der Waals surface area contributed by atoms with Crippen molar-refractivity contribution in [3.8, 4) is 33.4 Å². The van der Waals surface area contributed by atoms with E-state index >= 15 is 0 Å². The van der Waals surface area contributed by atoms with Gasteiger partial charge in [0, 0.05) is 55.6 Å². The van der Waals surface area contributed by atoms with Gasteiger partial charge < -0.3 is 13.7 Å². The van der Waals surface area contributed by atoms with Gasteiger partial charge in [-0.05, 0) is 81.5 Å². The molecule has 0 aliphatic heterocycles. The van der Waals surface area contributed by atoms with Crippen molar-refractivity contribution in [2.24, 2.45) is 0 Å². The van der Waals surface area contributed by atoms with Crippen LogP contribution in [0.1, 0.15) is 45.2 Å². The van der Waals surface area contributed by atoms with Gasteiger partial charge in [-0.2, -0.15) is 0 Å². The highest BCUT2D eigenvalue weighted by Gasteiger charge is 2.19. The molecule has 11 aromatic rings. The Hall–Kier alpha value is -7.36. The lowest BCUT2D eigenvalue weighted by molar-refractivity contribution is 0.670. The van der Waals surface area contributed by atoms with Crippen molar-refractivity contribution >= 4 is 71.7 Å². The summed E-state index contributed by atoms with van der Waals surface area (Å²) in [6, 6.07) is -33.6. The molecule has 0 saturated carbocycles. The number of nitrogens with zero attached hydrogens (tertiary/aromatic N) is 1. The molecule has 0 atom stereocenters. The quantitative estimate of drug-likeness (QED) is 0.170. The van der Waals surface area contributed by atoms with Crippen molar-refractivity contribution in [3.63, 3.8) is 0 Å². The lowest BCUT2D eigenvalue weighted by Gasteiger charge is -2.26. The van der Waals surface area contributed by atoms with Crippen LogP contribution in [0.4, 0.5) is 17.1 Å². The first kappa shape index (κ1) is 12.6. The Morgan fingerprint density at radius 3 is 1.56 bits per heavy atom. The highest BCUT2D eigenvalue weighted by atomic mass is 16.3. The largest absolute Gasteiger partial charge is 0.455 e. The van der Waals surface area contributed by atoms with Crippen LogP contribution in [-0.4, -0.2) is 0 Å². The average molecular weight is 737 g/mol. The zero-order chi connectivity index (χ0) is 65.0. The summed E-state index contributed by atoms with van der Waals surface area (Å²) in [5.74, 6) is 0. The zero-order valence-corrected chi connectivity index (χ0v) is 27.3. The number of anilines is 3. The predicted molar refractivity (Wildman–Crippen MR) is 229 cm³/mol. The van der Waals surface area contributed by atoms with Gasteiger partial charge in [-0.15, -0.1) is 0 Å². The van der Waals surface area contributed by atoms with E-state index in [2.05, 4.69) is 0 Å². The Labute approximate surface area is 364 Å². The highest BCUT2D eigenvalue weighted by Crippen LogP contribution is 2.44. The van der Waals surface area contributed by atoms with Gasteiger partial charge in [-0.25, -0.2) is 0 Å². The molecule has 0 aliphatic carbocycles. The summed E-state index contributed by atoms with van der Waals surface area (Å²) in [4.78, 5) is 0.321. The van der Waals surface area contributed by atoms with E-state index in [1.807, 2.05) is 0 Å². The monoisotopic (exact) mass is 736 g/mol. The normalized spacial score (nSPS) is 20.0. The fraction of sp³-hybridized carbons (Fsp3) is 0. The molecule has 0 spiro atoms. The van der Waals surface area contributed by atoms with Crippen LogP contribution in [-0.2, 0) is 0 Å². The number of benzene rings is 9. The molecule has 9 aromatic carbocycles. The second-order valence-electron chi connectivity index (χ2n) is 11.5. The number of hydrogen-bond acceptors (Lipinski definition) is 3. The van der Waals surface area contributed by atoms with Crippen LogP contribution in [0, 0.1) is 0 Å². The molecule has 3 heteroatoms. The van der Waals surface area contributed by atoms with Crippen LogP contribution < -0.4 is 4.90 Å². The maximum absolute atomic E-state index is 9.95. The van der Waals surface area contributed by atoms with Crippen LogP contribution in [0.15, 0.2) is 208 Å². The molecule has 0 radical (unpaired) electrons. The van der Waals surface area contributed by atoms with Gasteiger partial charge in [0.2, 0.25) is 0 Å². The second-order valence-corrected chi connectivity index (χ2v) is 11.5. The van der Waals surface area contributed by atoms with Crippen LogP contribution >= 0.6 is 0 Å². The van der Waals surface area contributed by atoms with E-state index in [0.29, 0.717) is 4.90 Å². The van der Waals surface area contributed by atoms with Crippen molar-refractivity contribution in [3.05, 3.63) is 199 Å². The Bertz CT molecular complexity index is 5030. The van der Waals surface area contributed by atoms with Gasteiger partial charge >= 0.3 is 0 Å². The molecule has 258 valence electrons. The van der Waals surface area contributed by atoms with Crippen LogP contribution in [0.5, 0.6) is 0 Å². The molecule has 0 amide bonds. The summed E-state index contributed by atoms with van der Waals surface area (Å²) in [5, 5.41) is -3.62. The number of para-hydroxylation sites is 2. The van der Waals surface area contributed by atoms with Crippen molar-refractivity contribution in [1.82, 2.24) is 0 Å². The van der Waals surface area contributed by atoms with Crippen molar-refractivity contribution in [1.29, 1.82) is 0 Å². The fourth-order valence-electron chi connectivity index (χ4n) is 6.03. The molecule has 2 aromatic heterocycles. The summed E-state index contributed by atoms with van der Waals surface area (Å²) in [6.07, 6.45) is 0. The third kappa shape index (κ3) is 5.20. The van der Waals surface area contributed by atoms with Gasteiger partial charge in [0.05, 0.1) is 45.2 Å². The number of rotatable bonds is 6. The lowest BCUT2D eigenvalue weighted by Crippen LogP contribution is -2.09. The Morgan fingerprint density at radius 2 is 0.818 bits per heavy atom. The van der Waals surface area contributed by atoms with Gasteiger partial charge in [0.25, 0.3) is 0 Å². The van der Waals surface area contributed by atoms with Crippen LogP contribution in [0.3, 0.4) is 0 Å². The Morgan fingerprint density at radius 1 is 0.309 bits per heavy atom. The topological polar surface area (TPSA) is 29.5 Å². The highest BCUT2D eigenvalue weighted by molar-refractivity contribution is 6.19. The summed E-state index contributed by atoms with van der Waals surface area (Å²) in [7, 11) is 0. The first-order valence-electron chi connectivity index (χ1n) is 32.5. The molecule has 0 unspecified atom stereocenters. The second kappa shape index (κ2) is 12.6. The minimum atomic E-state index is -1.30. The van der Waals surface area contributed by atoms with Crippen molar-refractivity contribution in [2.75, 3.05) is 4.90 Å². The van der Waals surface area contributed by atoms with E-state index in [-0.39, 0.29) is 0 Å². The van der Waals surface area contributed by atoms with Crippen LogP contribution in [0.2, 0.25) is 0 Å². The van der Waals surface area contributed by atoms with Crippen LogP contribution in [0.25, 0.3) is 88.0 Å². The van der Waals surface area contributed by atoms with Gasteiger partial charge in [0.15, 0.2) is 0 Å². The van der Waals surface area contributed by atoms with Gasteiger partial charge in [0.1, 0.15) is 22.3 Å². The summed E-state index contributed by atoms with van der Waals surface area (Å²) in [6.45, 7) is 0. The molecule has 0 bridgehead atoms. The smallest absolute Gasteiger partial charge is 0.143 e. The molecule has 2 heterocycles. The molecule has 55 heavy (non-hydrogen) atoms. The van der Waals surface area contributed by atoms with E-state index in [1.165, 1.54) is 0 Å². The number of fused-ring (bicyclic) bond motifs is 8. The van der Waals surface area contributed by atoms with Crippen molar-refractivity contribution in [2.45, 2.75) is 0 Å². The number of hydrogen-bond donors (Lipinski definition) is 0. The molecular weight excluding hydrogens is 671 g/mol. The summed E-state index contributed by atoms with van der Waals surface area (Å²) < 4.78 is 309. The molecule has 0 saturated heterocycles. The maximum Gasteiger partial charge on any atom is 0.143 e. The van der Waals surface area contributed by atoms with E-state index in [0.717, 1.165) is 0 Å². The molecule has 11 rings (SSSR count). The van der Waals surface area contributed by atoms with Crippen molar-refractivity contribution < 1.29 is 54.1 Å².